The molecule has 0 saturated carbocycles. The van der Waals surface area contributed by atoms with Gasteiger partial charge in [0.15, 0.2) is 0 Å². The van der Waals surface area contributed by atoms with Crippen molar-refractivity contribution in [2.45, 2.75) is 47.3 Å². The fraction of sp³-hybridized carbons (Fsp3) is 0.412. The molecule has 1 aromatic carbocycles. The highest BCUT2D eigenvalue weighted by molar-refractivity contribution is 7.99. The Hall–Kier alpha value is -1.99. The molecule has 0 radical (unpaired) electrons. The summed E-state index contributed by atoms with van der Waals surface area (Å²) in [7, 11) is 1.54. The van der Waals surface area contributed by atoms with Crippen LogP contribution in [0.4, 0.5) is 0 Å². The third kappa shape index (κ3) is 3.14. The van der Waals surface area contributed by atoms with Gasteiger partial charge >= 0.3 is 5.95 Å². The number of carbonyl (C=O) groups is 1. The molecule has 0 aliphatic carbocycles. The van der Waals surface area contributed by atoms with Crippen LogP contribution in [0.1, 0.15) is 29.6 Å². The first-order valence-corrected chi connectivity index (χ1v) is 8.88. The van der Waals surface area contributed by atoms with Gasteiger partial charge in [-0.25, -0.2) is 0 Å². The van der Waals surface area contributed by atoms with E-state index >= 15 is 0 Å². The van der Waals surface area contributed by atoms with Crippen LogP contribution in [0.15, 0.2) is 44.8 Å². The molecular weight excluding hydrogens is 326 g/mol. The van der Waals surface area contributed by atoms with E-state index in [1.54, 1.807) is 6.07 Å². The van der Waals surface area contributed by atoms with Crippen LogP contribution in [0.2, 0.25) is 0 Å². The van der Waals surface area contributed by atoms with E-state index in [2.05, 4.69) is 15.8 Å². The van der Waals surface area contributed by atoms with E-state index in [0.29, 0.717) is 23.6 Å². The van der Waals surface area contributed by atoms with Crippen LogP contribution in [-0.4, -0.2) is 36.3 Å². The van der Waals surface area contributed by atoms with Gasteiger partial charge in [0.05, 0.1) is 13.2 Å². The number of hydrogen-bond acceptors (Lipinski definition) is 6. The normalized spacial score (nSPS) is 25.0. The second-order valence-electron chi connectivity index (χ2n) is 6.18. The van der Waals surface area contributed by atoms with Gasteiger partial charge in [-0.2, -0.15) is 0 Å². The molecule has 2 bridgehead atoms. The van der Waals surface area contributed by atoms with Crippen molar-refractivity contribution < 1.29 is 14.1 Å². The summed E-state index contributed by atoms with van der Waals surface area (Å²) >= 11 is 1.46. The smallest absolute Gasteiger partial charge is 0.312 e. The first-order valence-electron chi connectivity index (χ1n) is 8.07. The van der Waals surface area contributed by atoms with Crippen molar-refractivity contribution in [3.63, 3.8) is 0 Å². The van der Waals surface area contributed by atoms with Gasteiger partial charge in [-0.3, -0.25) is 4.79 Å². The standard InChI is InChI=1S/C17H19N3O3S/c1-22-16-9-15(20-23-16)24-12-5-2-10(3-6-12)17(21)19-14-8-11-4-7-13(14)18-11/h2-3,5-6,9,11,13-14,18H,4,7-8H2,1H3,(H,19,21)/t11-,13+,14-/m1/s1. The van der Waals surface area contributed by atoms with Gasteiger partial charge in [0.2, 0.25) is 0 Å². The monoisotopic (exact) mass is 345 g/mol. The minimum atomic E-state index is -0.00555. The number of hydrogen-bond donors (Lipinski definition) is 2. The summed E-state index contributed by atoms with van der Waals surface area (Å²) in [5, 5.41) is 11.3. The van der Waals surface area contributed by atoms with Gasteiger partial charge in [0, 0.05) is 28.6 Å². The zero-order valence-electron chi connectivity index (χ0n) is 13.3. The largest absolute Gasteiger partial charge is 0.467 e. The molecule has 7 heteroatoms. The molecule has 6 nitrogen and oxygen atoms in total. The summed E-state index contributed by atoms with van der Waals surface area (Å²) in [6.45, 7) is 0. The average molecular weight is 345 g/mol. The van der Waals surface area contributed by atoms with Crippen LogP contribution in [0.3, 0.4) is 0 Å². The maximum absolute atomic E-state index is 12.4. The lowest BCUT2D eigenvalue weighted by molar-refractivity contribution is 0.0931. The Labute approximate surface area is 144 Å². The van der Waals surface area contributed by atoms with Crippen LogP contribution >= 0.6 is 11.8 Å². The summed E-state index contributed by atoms with van der Waals surface area (Å²) in [6, 6.07) is 10.5. The number of carbonyl (C=O) groups excluding carboxylic acids is 1. The summed E-state index contributed by atoms with van der Waals surface area (Å²) in [5.74, 6) is 0.377. The lowest BCUT2D eigenvalue weighted by Gasteiger charge is -2.21. The molecule has 4 rings (SSSR count). The van der Waals surface area contributed by atoms with Crippen molar-refractivity contribution in [1.29, 1.82) is 0 Å². The van der Waals surface area contributed by atoms with Crippen LogP contribution in [0.25, 0.3) is 0 Å². The Kier molecular flexibility index (Phi) is 4.20. The molecule has 2 N–H and O–H groups in total. The molecule has 126 valence electrons. The Bertz CT molecular complexity index is 731. The molecule has 3 heterocycles. The molecule has 2 aliphatic heterocycles. The molecule has 24 heavy (non-hydrogen) atoms. The SMILES string of the molecule is COc1cc(Sc2ccc(C(=O)N[C@@H]3C[C@H]4CC[C@@H]3N4)cc2)no1. The lowest BCUT2D eigenvalue weighted by atomic mass is 9.95. The van der Waals surface area contributed by atoms with Gasteiger partial charge in [-0.05, 0) is 43.5 Å². The highest BCUT2D eigenvalue weighted by atomic mass is 32.2. The maximum Gasteiger partial charge on any atom is 0.312 e. The third-order valence-corrected chi connectivity index (χ3v) is 5.53. The predicted octanol–water partition coefficient (Wildman–Crippen LogP) is 2.46. The van der Waals surface area contributed by atoms with Crippen molar-refractivity contribution in [2.24, 2.45) is 0 Å². The molecule has 1 aromatic heterocycles. The summed E-state index contributed by atoms with van der Waals surface area (Å²) in [4.78, 5) is 13.4. The number of aromatic nitrogens is 1. The van der Waals surface area contributed by atoms with E-state index < -0.39 is 0 Å². The second-order valence-corrected chi connectivity index (χ2v) is 7.27. The van der Waals surface area contributed by atoms with Crippen LogP contribution in [-0.2, 0) is 0 Å². The summed E-state index contributed by atoms with van der Waals surface area (Å²) in [6.07, 6.45) is 3.43. The molecule has 3 atom stereocenters. The lowest BCUT2D eigenvalue weighted by Crippen LogP contribution is -2.42. The quantitative estimate of drug-likeness (QED) is 0.867. The Morgan fingerprint density at radius 3 is 2.83 bits per heavy atom. The van der Waals surface area contributed by atoms with E-state index in [1.165, 1.54) is 25.3 Å². The number of rotatable bonds is 5. The van der Waals surface area contributed by atoms with Gasteiger partial charge in [-0.1, -0.05) is 16.9 Å². The van der Waals surface area contributed by atoms with Gasteiger partial charge < -0.3 is 19.9 Å². The van der Waals surface area contributed by atoms with E-state index in [0.717, 1.165) is 22.8 Å². The molecule has 1 amide bonds. The molecule has 2 fully saturated rings. The topological polar surface area (TPSA) is 76.4 Å². The molecule has 0 unspecified atom stereocenters. The first-order chi connectivity index (χ1) is 11.7. The molecular formula is C17H19N3O3S. The first kappa shape index (κ1) is 15.5. The summed E-state index contributed by atoms with van der Waals surface area (Å²) in [5.41, 5.74) is 0.680. The number of nitrogens with zero attached hydrogens (tertiary/aromatic N) is 1. The summed E-state index contributed by atoms with van der Waals surface area (Å²) < 4.78 is 9.95. The Morgan fingerprint density at radius 1 is 1.38 bits per heavy atom. The van der Waals surface area contributed by atoms with E-state index in [-0.39, 0.29) is 11.9 Å². The Balaban J connectivity index is 1.37. The maximum atomic E-state index is 12.4. The highest BCUT2D eigenvalue weighted by Gasteiger charge is 2.39. The Morgan fingerprint density at radius 2 is 2.21 bits per heavy atom. The van der Waals surface area contributed by atoms with Gasteiger partial charge in [0.1, 0.15) is 5.03 Å². The third-order valence-electron chi connectivity index (χ3n) is 4.62. The minimum absolute atomic E-state index is 0.00555. The zero-order valence-corrected chi connectivity index (χ0v) is 14.1. The predicted molar refractivity (Wildman–Crippen MR) is 89.4 cm³/mol. The number of methoxy groups -OCH3 is 1. The highest BCUT2D eigenvalue weighted by Crippen LogP contribution is 2.30. The fourth-order valence-electron chi connectivity index (χ4n) is 3.42. The van der Waals surface area contributed by atoms with E-state index in [1.807, 2.05) is 24.3 Å². The molecule has 2 saturated heterocycles. The number of fused-ring (bicyclic) bond motifs is 2. The van der Waals surface area contributed by atoms with Crippen molar-refractivity contribution in [3.05, 3.63) is 35.9 Å². The second kappa shape index (κ2) is 6.49. The van der Waals surface area contributed by atoms with E-state index in [4.69, 9.17) is 9.26 Å². The van der Waals surface area contributed by atoms with Crippen molar-refractivity contribution in [1.82, 2.24) is 15.8 Å². The van der Waals surface area contributed by atoms with Crippen molar-refractivity contribution in [2.75, 3.05) is 7.11 Å². The molecule has 2 aromatic rings. The number of nitrogens with one attached hydrogen (secondary N) is 2. The van der Waals surface area contributed by atoms with Crippen LogP contribution in [0.5, 0.6) is 5.95 Å². The van der Waals surface area contributed by atoms with Crippen LogP contribution in [0, 0.1) is 0 Å². The minimum Gasteiger partial charge on any atom is -0.467 e. The average Bonchev–Trinajstić information content (AvgIpc) is 3.32. The number of ether oxygens (including phenoxy) is 1. The van der Waals surface area contributed by atoms with Gasteiger partial charge in [-0.15, -0.1) is 0 Å². The van der Waals surface area contributed by atoms with E-state index in [9.17, 15) is 4.79 Å². The molecule has 0 spiro atoms. The van der Waals surface area contributed by atoms with Crippen LogP contribution < -0.4 is 15.4 Å². The fourth-order valence-corrected chi connectivity index (χ4v) is 4.16. The van der Waals surface area contributed by atoms with Crippen molar-refractivity contribution >= 4 is 17.7 Å². The zero-order chi connectivity index (χ0) is 16.5. The van der Waals surface area contributed by atoms with Gasteiger partial charge in [0.25, 0.3) is 5.91 Å². The van der Waals surface area contributed by atoms with Crippen molar-refractivity contribution in [3.8, 4) is 5.95 Å². The number of benzene rings is 1. The number of amides is 1. The molecule has 2 aliphatic rings.